The van der Waals surface area contributed by atoms with E-state index >= 15 is 0 Å². The summed E-state index contributed by atoms with van der Waals surface area (Å²) in [6, 6.07) is 4.04. The molecule has 1 aromatic heterocycles. The highest BCUT2D eigenvalue weighted by atomic mass is 16.5. The van der Waals surface area contributed by atoms with Gasteiger partial charge in [-0.1, -0.05) is 19.3 Å². The molecular formula is C13H20N2O. The van der Waals surface area contributed by atoms with Crippen LogP contribution in [0.4, 0.5) is 5.82 Å². The van der Waals surface area contributed by atoms with Crippen molar-refractivity contribution >= 4 is 5.82 Å². The molecule has 0 radical (unpaired) electrons. The maximum Gasteiger partial charge on any atom is 0.125 e. The van der Waals surface area contributed by atoms with Crippen molar-refractivity contribution in [1.29, 1.82) is 0 Å². The Morgan fingerprint density at radius 1 is 1.50 bits per heavy atom. The topological polar surface area (TPSA) is 34.1 Å². The molecule has 0 atom stereocenters. The SMILES string of the molecule is CNc1cc(COCCC2CCC2)ccn1. The molecule has 0 bridgehead atoms. The summed E-state index contributed by atoms with van der Waals surface area (Å²) in [7, 11) is 1.88. The second kappa shape index (κ2) is 5.85. The first-order valence-electron chi connectivity index (χ1n) is 6.09. The van der Waals surface area contributed by atoms with Crippen LogP contribution in [0.5, 0.6) is 0 Å². The molecular weight excluding hydrogens is 200 g/mol. The maximum atomic E-state index is 5.67. The molecule has 1 N–H and O–H groups in total. The second-order valence-electron chi connectivity index (χ2n) is 4.44. The molecule has 0 spiro atoms. The van der Waals surface area contributed by atoms with Crippen LogP contribution in [0, 0.1) is 5.92 Å². The summed E-state index contributed by atoms with van der Waals surface area (Å²) in [5.41, 5.74) is 1.19. The molecule has 16 heavy (non-hydrogen) atoms. The number of ether oxygens (including phenoxy) is 1. The van der Waals surface area contributed by atoms with Crippen molar-refractivity contribution < 1.29 is 4.74 Å². The van der Waals surface area contributed by atoms with Crippen molar-refractivity contribution in [3.63, 3.8) is 0 Å². The zero-order chi connectivity index (χ0) is 11.2. The fourth-order valence-electron chi connectivity index (χ4n) is 1.92. The summed E-state index contributed by atoms with van der Waals surface area (Å²) in [6.45, 7) is 1.59. The highest BCUT2D eigenvalue weighted by Crippen LogP contribution is 2.29. The summed E-state index contributed by atoms with van der Waals surface area (Å²) < 4.78 is 5.67. The Kier molecular flexibility index (Phi) is 4.17. The minimum atomic E-state index is 0.698. The van der Waals surface area contributed by atoms with Gasteiger partial charge in [-0.2, -0.15) is 0 Å². The number of nitrogens with zero attached hydrogens (tertiary/aromatic N) is 1. The Morgan fingerprint density at radius 2 is 2.38 bits per heavy atom. The molecule has 1 aromatic rings. The average Bonchev–Trinajstić information content (AvgIpc) is 2.27. The van der Waals surface area contributed by atoms with Crippen LogP contribution in [0.25, 0.3) is 0 Å². The third kappa shape index (κ3) is 3.20. The molecule has 3 nitrogen and oxygen atoms in total. The Morgan fingerprint density at radius 3 is 3.06 bits per heavy atom. The van der Waals surface area contributed by atoms with Crippen LogP contribution in [0.1, 0.15) is 31.2 Å². The van der Waals surface area contributed by atoms with E-state index in [0.29, 0.717) is 6.61 Å². The molecule has 0 saturated heterocycles. The molecule has 3 heteroatoms. The highest BCUT2D eigenvalue weighted by Gasteiger charge is 2.16. The van der Waals surface area contributed by atoms with Crippen LogP contribution >= 0.6 is 0 Å². The van der Waals surface area contributed by atoms with Gasteiger partial charge < -0.3 is 10.1 Å². The summed E-state index contributed by atoms with van der Waals surface area (Å²) in [6.07, 6.45) is 7.27. The molecule has 1 aliphatic rings. The predicted octanol–water partition coefficient (Wildman–Crippen LogP) is 2.83. The van der Waals surface area contributed by atoms with E-state index in [9.17, 15) is 0 Å². The van der Waals surface area contributed by atoms with Gasteiger partial charge in [0.15, 0.2) is 0 Å². The van der Waals surface area contributed by atoms with Crippen LogP contribution in [0.15, 0.2) is 18.3 Å². The Hall–Kier alpha value is -1.09. The Labute approximate surface area is 97.2 Å². The van der Waals surface area contributed by atoms with Crippen LogP contribution in [0.2, 0.25) is 0 Å². The van der Waals surface area contributed by atoms with E-state index in [1.165, 1.54) is 31.2 Å². The first kappa shape index (κ1) is 11.4. The van der Waals surface area contributed by atoms with Gasteiger partial charge in [0, 0.05) is 19.9 Å². The lowest BCUT2D eigenvalue weighted by Gasteiger charge is -2.24. The van der Waals surface area contributed by atoms with E-state index < -0.39 is 0 Å². The standard InChI is InChI=1S/C13H20N2O/c1-14-13-9-12(5-7-15-13)10-16-8-6-11-3-2-4-11/h5,7,9,11H,2-4,6,8,10H2,1H3,(H,14,15). The largest absolute Gasteiger partial charge is 0.377 e. The molecule has 1 fully saturated rings. The summed E-state index contributed by atoms with van der Waals surface area (Å²) in [5, 5.41) is 3.03. The zero-order valence-electron chi connectivity index (χ0n) is 9.91. The van der Waals surface area contributed by atoms with Gasteiger partial charge in [0.05, 0.1) is 6.61 Å². The van der Waals surface area contributed by atoms with Gasteiger partial charge in [-0.15, -0.1) is 0 Å². The van der Waals surface area contributed by atoms with Crippen molar-refractivity contribution in [2.24, 2.45) is 5.92 Å². The van der Waals surface area contributed by atoms with Gasteiger partial charge in [0.1, 0.15) is 5.82 Å². The third-order valence-corrected chi connectivity index (χ3v) is 3.24. The number of nitrogens with one attached hydrogen (secondary N) is 1. The number of rotatable bonds is 6. The van der Waals surface area contributed by atoms with Gasteiger partial charge in [0.2, 0.25) is 0 Å². The first-order valence-corrected chi connectivity index (χ1v) is 6.09. The number of aromatic nitrogens is 1. The van der Waals surface area contributed by atoms with Gasteiger partial charge in [-0.05, 0) is 30.0 Å². The van der Waals surface area contributed by atoms with Crippen molar-refractivity contribution in [1.82, 2.24) is 4.98 Å². The average molecular weight is 220 g/mol. The van der Waals surface area contributed by atoms with E-state index in [4.69, 9.17) is 4.74 Å². The predicted molar refractivity (Wildman–Crippen MR) is 65.4 cm³/mol. The van der Waals surface area contributed by atoms with E-state index in [2.05, 4.69) is 10.3 Å². The Bertz CT molecular complexity index is 323. The molecule has 1 aliphatic carbocycles. The minimum absolute atomic E-state index is 0.698. The van der Waals surface area contributed by atoms with E-state index in [-0.39, 0.29) is 0 Å². The number of pyridine rings is 1. The molecule has 1 heterocycles. The van der Waals surface area contributed by atoms with Crippen molar-refractivity contribution in [3.05, 3.63) is 23.9 Å². The number of hydrogen-bond acceptors (Lipinski definition) is 3. The lowest BCUT2D eigenvalue weighted by molar-refractivity contribution is 0.0950. The first-order chi connectivity index (χ1) is 7.88. The molecule has 2 rings (SSSR count). The van der Waals surface area contributed by atoms with E-state index in [0.717, 1.165) is 18.3 Å². The van der Waals surface area contributed by atoms with Crippen LogP contribution < -0.4 is 5.32 Å². The normalized spacial score (nSPS) is 15.8. The number of anilines is 1. The fourth-order valence-corrected chi connectivity index (χ4v) is 1.92. The highest BCUT2D eigenvalue weighted by molar-refractivity contribution is 5.36. The lowest BCUT2D eigenvalue weighted by atomic mass is 9.83. The maximum absolute atomic E-state index is 5.67. The molecule has 0 unspecified atom stereocenters. The van der Waals surface area contributed by atoms with Crippen molar-refractivity contribution in [2.45, 2.75) is 32.3 Å². The van der Waals surface area contributed by atoms with Crippen LogP contribution in [-0.2, 0) is 11.3 Å². The summed E-state index contributed by atoms with van der Waals surface area (Å²) in [5.74, 6) is 1.84. The van der Waals surface area contributed by atoms with Gasteiger partial charge in [-0.25, -0.2) is 4.98 Å². The molecule has 0 aliphatic heterocycles. The van der Waals surface area contributed by atoms with E-state index in [1.54, 1.807) is 0 Å². The number of hydrogen-bond donors (Lipinski definition) is 1. The van der Waals surface area contributed by atoms with E-state index in [1.807, 2.05) is 25.4 Å². The zero-order valence-corrected chi connectivity index (χ0v) is 9.91. The lowest BCUT2D eigenvalue weighted by Crippen LogP contribution is -2.13. The van der Waals surface area contributed by atoms with Crippen LogP contribution in [-0.4, -0.2) is 18.6 Å². The quantitative estimate of drug-likeness (QED) is 0.748. The van der Waals surface area contributed by atoms with Crippen LogP contribution in [0.3, 0.4) is 0 Å². The van der Waals surface area contributed by atoms with Gasteiger partial charge >= 0.3 is 0 Å². The molecule has 1 saturated carbocycles. The molecule has 0 amide bonds. The fraction of sp³-hybridized carbons (Fsp3) is 0.615. The summed E-state index contributed by atoms with van der Waals surface area (Å²) >= 11 is 0. The van der Waals surface area contributed by atoms with Gasteiger partial charge in [-0.3, -0.25) is 0 Å². The Balaban J connectivity index is 1.67. The molecule has 0 aromatic carbocycles. The summed E-state index contributed by atoms with van der Waals surface area (Å²) in [4.78, 5) is 4.17. The minimum Gasteiger partial charge on any atom is -0.377 e. The van der Waals surface area contributed by atoms with Crippen molar-refractivity contribution in [3.8, 4) is 0 Å². The molecule has 88 valence electrons. The third-order valence-electron chi connectivity index (χ3n) is 3.24. The van der Waals surface area contributed by atoms with Gasteiger partial charge in [0.25, 0.3) is 0 Å². The van der Waals surface area contributed by atoms with Crippen molar-refractivity contribution in [2.75, 3.05) is 19.0 Å². The smallest absolute Gasteiger partial charge is 0.125 e. The monoisotopic (exact) mass is 220 g/mol. The second-order valence-corrected chi connectivity index (χ2v) is 4.44.